The lowest BCUT2D eigenvalue weighted by Gasteiger charge is -2.41. The molecule has 28 heavy (non-hydrogen) atoms. The van der Waals surface area contributed by atoms with Crippen molar-refractivity contribution in [2.45, 2.75) is 50.6 Å². The Morgan fingerprint density at radius 3 is 2.50 bits per heavy atom. The molecular weight excluding hydrogens is 346 g/mol. The van der Waals surface area contributed by atoms with Crippen LogP contribution in [0.4, 0.5) is 5.69 Å². The second-order valence-electron chi connectivity index (χ2n) is 8.52. The van der Waals surface area contributed by atoms with Gasteiger partial charge in [-0.1, -0.05) is 36.4 Å². The normalized spacial score (nSPS) is 26.8. The number of hydrogen-bond acceptors (Lipinski definition) is 3. The van der Waals surface area contributed by atoms with Crippen LogP contribution in [0.2, 0.25) is 0 Å². The lowest BCUT2D eigenvalue weighted by molar-refractivity contribution is -0.138. The standard InChI is InChI=1S/C24H33N3O/c1-26-18-20(12-13-23(26)19-8-4-2-5-9-19)24(28)27-16-14-22(15-17-27)25-21-10-6-3-7-11-21/h3-4,6-11,20,22-23,25H,2,5,12-18H2,1H3. The van der Waals surface area contributed by atoms with Gasteiger partial charge in [-0.3, -0.25) is 9.69 Å². The number of allylic oxidation sites excluding steroid dienone is 2. The minimum absolute atomic E-state index is 0.160. The fourth-order valence-corrected chi connectivity index (χ4v) is 4.92. The van der Waals surface area contributed by atoms with E-state index in [2.05, 4.69) is 64.7 Å². The molecule has 1 amide bonds. The Kier molecular flexibility index (Phi) is 6.16. The molecule has 0 spiro atoms. The molecule has 0 bridgehead atoms. The first-order valence-electron chi connectivity index (χ1n) is 10.9. The van der Waals surface area contributed by atoms with Crippen LogP contribution in [-0.2, 0) is 4.79 Å². The van der Waals surface area contributed by atoms with E-state index in [1.165, 1.54) is 11.3 Å². The van der Waals surface area contributed by atoms with Crippen LogP contribution in [0, 0.1) is 5.92 Å². The topological polar surface area (TPSA) is 35.6 Å². The lowest BCUT2D eigenvalue weighted by Crippen LogP contribution is -2.50. The molecule has 2 saturated heterocycles. The van der Waals surface area contributed by atoms with E-state index in [1.807, 2.05) is 6.07 Å². The molecule has 2 aliphatic heterocycles. The number of amides is 1. The van der Waals surface area contributed by atoms with E-state index in [1.54, 1.807) is 0 Å². The van der Waals surface area contributed by atoms with Crippen molar-refractivity contribution in [3.63, 3.8) is 0 Å². The number of carbonyl (C=O) groups is 1. The van der Waals surface area contributed by atoms with Crippen LogP contribution < -0.4 is 5.32 Å². The van der Waals surface area contributed by atoms with Crippen molar-refractivity contribution in [1.82, 2.24) is 9.80 Å². The summed E-state index contributed by atoms with van der Waals surface area (Å²) >= 11 is 0. The van der Waals surface area contributed by atoms with Gasteiger partial charge in [0, 0.05) is 37.4 Å². The summed E-state index contributed by atoms with van der Waals surface area (Å²) in [5.41, 5.74) is 2.63. The number of nitrogens with one attached hydrogen (secondary N) is 1. The maximum Gasteiger partial charge on any atom is 0.226 e. The summed E-state index contributed by atoms with van der Waals surface area (Å²) in [6.45, 7) is 2.64. The zero-order chi connectivity index (χ0) is 19.3. The number of likely N-dealkylation sites (N-methyl/N-ethyl adjacent to an activating group) is 1. The highest BCUT2D eigenvalue weighted by Crippen LogP contribution is 2.29. The first-order chi connectivity index (χ1) is 13.7. The second kappa shape index (κ2) is 8.95. The molecule has 4 nitrogen and oxygen atoms in total. The third kappa shape index (κ3) is 4.49. The summed E-state index contributed by atoms with van der Waals surface area (Å²) in [5.74, 6) is 0.532. The van der Waals surface area contributed by atoms with Gasteiger partial charge < -0.3 is 10.2 Å². The summed E-state index contributed by atoms with van der Waals surface area (Å²) in [5, 5.41) is 3.61. The van der Waals surface area contributed by atoms with Crippen molar-refractivity contribution in [3.8, 4) is 0 Å². The molecule has 3 aliphatic rings. The van der Waals surface area contributed by atoms with Gasteiger partial charge in [0.15, 0.2) is 0 Å². The number of rotatable bonds is 4. The van der Waals surface area contributed by atoms with E-state index in [9.17, 15) is 4.79 Å². The first-order valence-corrected chi connectivity index (χ1v) is 10.9. The van der Waals surface area contributed by atoms with E-state index in [0.717, 1.165) is 58.2 Å². The van der Waals surface area contributed by atoms with E-state index in [4.69, 9.17) is 0 Å². The van der Waals surface area contributed by atoms with Gasteiger partial charge in [-0.05, 0) is 63.3 Å². The van der Waals surface area contributed by atoms with E-state index < -0.39 is 0 Å². The quantitative estimate of drug-likeness (QED) is 0.856. The van der Waals surface area contributed by atoms with Crippen LogP contribution in [-0.4, -0.2) is 54.5 Å². The van der Waals surface area contributed by atoms with Crippen molar-refractivity contribution >= 4 is 11.6 Å². The molecule has 2 unspecified atom stereocenters. The predicted molar refractivity (Wildman–Crippen MR) is 115 cm³/mol. The van der Waals surface area contributed by atoms with Gasteiger partial charge in [-0.25, -0.2) is 0 Å². The van der Waals surface area contributed by atoms with E-state index in [-0.39, 0.29) is 5.92 Å². The first kappa shape index (κ1) is 19.3. The van der Waals surface area contributed by atoms with Gasteiger partial charge in [0.2, 0.25) is 5.91 Å². The molecule has 0 aromatic heterocycles. The fraction of sp³-hybridized carbons (Fsp3) is 0.542. The summed E-state index contributed by atoms with van der Waals surface area (Å²) < 4.78 is 0. The van der Waals surface area contributed by atoms with Crippen LogP contribution in [0.15, 0.2) is 54.1 Å². The third-order valence-electron chi connectivity index (χ3n) is 6.54. The van der Waals surface area contributed by atoms with Crippen molar-refractivity contribution in [3.05, 3.63) is 54.1 Å². The van der Waals surface area contributed by atoms with E-state index in [0.29, 0.717) is 18.0 Å². The number of hydrogen-bond donors (Lipinski definition) is 1. The average Bonchev–Trinajstić information content (AvgIpc) is 2.75. The Hall–Kier alpha value is -2.07. The van der Waals surface area contributed by atoms with Gasteiger partial charge in [0.25, 0.3) is 0 Å². The number of carbonyl (C=O) groups excluding carboxylic acids is 1. The molecule has 1 aromatic rings. The summed E-state index contributed by atoms with van der Waals surface area (Å²) in [6.07, 6.45) is 13.4. The molecule has 2 atom stereocenters. The average molecular weight is 380 g/mol. The van der Waals surface area contributed by atoms with Crippen molar-refractivity contribution in [2.75, 3.05) is 32.0 Å². The number of anilines is 1. The Morgan fingerprint density at radius 1 is 1.04 bits per heavy atom. The van der Waals surface area contributed by atoms with Crippen LogP contribution in [0.5, 0.6) is 0 Å². The number of benzene rings is 1. The van der Waals surface area contributed by atoms with Crippen molar-refractivity contribution < 1.29 is 4.79 Å². The fourth-order valence-electron chi connectivity index (χ4n) is 4.92. The summed E-state index contributed by atoms with van der Waals surface area (Å²) in [7, 11) is 2.18. The minimum Gasteiger partial charge on any atom is -0.382 e. The molecule has 1 aromatic carbocycles. The van der Waals surface area contributed by atoms with Gasteiger partial charge >= 0.3 is 0 Å². The van der Waals surface area contributed by atoms with Crippen molar-refractivity contribution in [1.29, 1.82) is 0 Å². The van der Waals surface area contributed by atoms with E-state index >= 15 is 0 Å². The molecule has 4 heteroatoms. The third-order valence-corrected chi connectivity index (χ3v) is 6.54. The molecular formula is C24H33N3O. The SMILES string of the molecule is CN1CC(C(=O)N2CCC(Nc3ccccc3)CC2)CCC1C1=CCCC=C1. The molecule has 2 fully saturated rings. The highest BCUT2D eigenvalue weighted by molar-refractivity contribution is 5.79. The molecule has 1 N–H and O–H groups in total. The summed E-state index contributed by atoms with van der Waals surface area (Å²) in [4.78, 5) is 17.6. The Balaban J connectivity index is 1.26. The van der Waals surface area contributed by atoms with Crippen LogP contribution in [0.1, 0.15) is 38.5 Å². The Bertz CT molecular complexity index is 719. The minimum atomic E-state index is 0.160. The lowest BCUT2D eigenvalue weighted by atomic mass is 9.86. The number of piperidine rings is 2. The molecule has 0 saturated carbocycles. The molecule has 2 heterocycles. The Morgan fingerprint density at radius 2 is 1.82 bits per heavy atom. The van der Waals surface area contributed by atoms with Crippen LogP contribution in [0.3, 0.4) is 0 Å². The maximum atomic E-state index is 13.1. The number of likely N-dealkylation sites (tertiary alicyclic amines) is 2. The van der Waals surface area contributed by atoms with Gasteiger partial charge in [-0.15, -0.1) is 0 Å². The molecule has 4 rings (SSSR count). The molecule has 0 radical (unpaired) electrons. The monoisotopic (exact) mass is 379 g/mol. The maximum absolute atomic E-state index is 13.1. The number of nitrogens with zero attached hydrogens (tertiary/aromatic N) is 2. The second-order valence-corrected chi connectivity index (χ2v) is 8.52. The molecule has 150 valence electrons. The zero-order valence-electron chi connectivity index (χ0n) is 17.0. The molecule has 1 aliphatic carbocycles. The van der Waals surface area contributed by atoms with Crippen LogP contribution >= 0.6 is 0 Å². The highest BCUT2D eigenvalue weighted by Gasteiger charge is 2.34. The predicted octanol–water partition coefficient (Wildman–Crippen LogP) is 4.08. The van der Waals surface area contributed by atoms with Gasteiger partial charge in [0.05, 0.1) is 5.92 Å². The largest absolute Gasteiger partial charge is 0.382 e. The van der Waals surface area contributed by atoms with Gasteiger partial charge in [0.1, 0.15) is 0 Å². The zero-order valence-corrected chi connectivity index (χ0v) is 17.0. The number of para-hydroxylation sites is 1. The summed E-state index contributed by atoms with van der Waals surface area (Å²) in [6, 6.07) is 11.3. The Labute approximate surface area is 169 Å². The van der Waals surface area contributed by atoms with Crippen molar-refractivity contribution in [2.24, 2.45) is 5.92 Å². The highest BCUT2D eigenvalue weighted by atomic mass is 16.2. The smallest absolute Gasteiger partial charge is 0.226 e. The van der Waals surface area contributed by atoms with Gasteiger partial charge in [-0.2, -0.15) is 0 Å². The van der Waals surface area contributed by atoms with Crippen LogP contribution in [0.25, 0.3) is 0 Å².